The van der Waals surface area contributed by atoms with Crippen molar-refractivity contribution in [1.82, 2.24) is 15.8 Å². The zero-order chi connectivity index (χ0) is 19.9. The third-order valence-corrected chi connectivity index (χ3v) is 3.86. The number of amides is 2. The van der Waals surface area contributed by atoms with E-state index in [9.17, 15) is 14.4 Å². The second kappa shape index (κ2) is 8.92. The number of carbonyl (C=O) groups excluding carboxylic acids is 3. The Balaban J connectivity index is 1.38. The van der Waals surface area contributed by atoms with E-state index in [1.807, 2.05) is 24.3 Å². The van der Waals surface area contributed by atoms with Gasteiger partial charge in [0.15, 0.2) is 13.2 Å². The van der Waals surface area contributed by atoms with Gasteiger partial charge in [0.25, 0.3) is 11.8 Å². The number of hydrogen-bond acceptors (Lipinski definition) is 5. The minimum absolute atomic E-state index is 0.231. The van der Waals surface area contributed by atoms with Crippen LogP contribution in [0.1, 0.15) is 10.5 Å². The van der Waals surface area contributed by atoms with Gasteiger partial charge >= 0.3 is 5.97 Å². The lowest BCUT2D eigenvalue weighted by molar-refractivity contribution is -0.131. The van der Waals surface area contributed by atoms with E-state index < -0.39 is 24.4 Å². The Hall–Kier alpha value is -3.52. The number of rotatable bonds is 6. The number of carbonyl (C=O) groups is 3. The SMILES string of the molecule is O=C(COC(=O)c1cc2ccccc2[nH]1)NNC(=O)COc1ccc(Cl)cc1. The van der Waals surface area contributed by atoms with Crippen LogP contribution in [0.2, 0.25) is 5.02 Å². The van der Waals surface area contributed by atoms with Crippen molar-refractivity contribution in [3.05, 3.63) is 65.3 Å². The lowest BCUT2D eigenvalue weighted by Gasteiger charge is -2.09. The zero-order valence-electron chi connectivity index (χ0n) is 14.5. The van der Waals surface area contributed by atoms with Crippen LogP contribution in [0.4, 0.5) is 0 Å². The third-order valence-electron chi connectivity index (χ3n) is 3.61. The molecule has 28 heavy (non-hydrogen) atoms. The average molecular weight is 402 g/mol. The Kier molecular flexibility index (Phi) is 6.13. The maximum absolute atomic E-state index is 12.0. The minimum Gasteiger partial charge on any atom is -0.484 e. The highest BCUT2D eigenvalue weighted by Gasteiger charge is 2.13. The highest BCUT2D eigenvalue weighted by molar-refractivity contribution is 6.30. The number of hydrazine groups is 1. The fourth-order valence-corrected chi connectivity index (χ4v) is 2.41. The first kappa shape index (κ1) is 19.2. The molecule has 8 nitrogen and oxygen atoms in total. The number of benzene rings is 2. The monoisotopic (exact) mass is 401 g/mol. The minimum atomic E-state index is -0.690. The van der Waals surface area contributed by atoms with Crippen LogP contribution in [0.5, 0.6) is 5.75 Å². The van der Waals surface area contributed by atoms with Gasteiger partial charge in [0, 0.05) is 15.9 Å². The Morgan fingerprint density at radius 1 is 0.929 bits per heavy atom. The van der Waals surface area contributed by atoms with E-state index in [1.165, 1.54) is 0 Å². The maximum Gasteiger partial charge on any atom is 0.355 e. The normalized spacial score (nSPS) is 10.3. The van der Waals surface area contributed by atoms with Crippen molar-refractivity contribution >= 4 is 40.3 Å². The van der Waals surface area contributed by atoms with E-state index >= 15 is 0 Å². The number of ether oxygens (including phenoxy) is 2. The van der Waals surface area contributed by atoms with E-state index in [0.717, 1.165) is 10.9 Å². The van der Waals surface area contributed by atoms with Gasteiger partial charge in [-0.2, -0.15) is 0 Å². The van der Waals surface area contributed by atoms with Gasteiger partial charge in [-0.05, 0) is 36.4 Å². The molecule has 0 fully saturated rings. The number of esters is 1. The summed E-state index contributed by atoms with van der Waals surface area (Å²) < 4.78 is 10.1. The van der Waals surface area contributed by atoms with Gasteiger partial charge in [-0.1, -0.05) is 29.8 Å². The first-order valence-corrected chi connectivity index (χ1v) is 8.60. The molecular formula is C19H16ClN3O5. The van der Waals surface area contributed by atoms with Crippen molar-refractivity contribution < 1.29 is 23.9 Å². The summed E-state index contributed by atoms with van der Waals surface area (Å²) in [6, 6.07) is 15.4. The van der Waals surface area contributed by atoms with E-state index in [0.29, 0.717) is 10.8 Å². The van der Waals surface area contributed by atoms with Gasteiger partial charge in [0.2, 0.25) is 0 Å². The van der Waals surface area contributed by atoms with Crippen molar-refractivity contribution in [2.24, 2.45) is 0 Å². The fraction of sp³-hybridized carbons (Fsp3) is 0.105. The van der Waals surface area contributed by atoms with Crippen molar-refractivity contribution in [3.63, 3.8) is 0 Å². The molecule has 1 heterocycles. The van der Waals surface area contributed by atoms with E-state index in [1.54, 1.807) is 30.3 Å². The van der Waals surface area contributed by atoms with Crippen LogP contribution in [-0.2, 0) is 14.3 Å². The maximum atomic E-state index is 12.0. The summed E-state index contributed by atoms with van der Waals surface area (Å²) in [5, 5.41) is 1.40. The lowest BCUT2D eigenvalue weighted by atomic mass is 10.2. The number of aromatic nitrogens is 1. The second-order valence-corrected chi connectivity index (χ2v) is 6.12. The fourth-order valence-electron chi connectivity index (χ4n) is 2.28. The van der Waals surface area contributed by atoms with Gasteiger partial charge in [0.1, 0.15) is 11.4 Å². The van der Waals surface area contributed by atoms with Gasteiger partial charge in [-0.15, -0.1) is 0 Å². The molecule has 0 aliphatic heterocycles. The molecule has 2 aromatic carbocycles. The summed E-state index contributed by atoms with van der Waals surface area (Å²) in [6.45, 7) is -0.858. The predicted molar refractivity (Wildman–Crippen MR) is 102 cm³/mol. The van der Waals surface area contributed by atoms with Crippen molar-refractivity contribution in [2.75, 3.05) is 13.2 Å². The molecule has 1 aromatic heterocycles. The topological polar surface area (TPSA) is 110 Å². The molecule has 0 radical (unpaired) electrons. The molecule has 0 unspecified atom stereocenters. The summed E-state index contributed by atoms with van der Waals surface area (Å²) in [5.74, 6) is -1.49. The number of H-pyrrole nitrogens is 1. The number of fused-ring (bicyclic) bond motifs is 1. The summed E-state index contributed by atoms with van der Waals surface area (Å²) in [7, 11) is 0. The van der Waals surface area contributed by atoms with Crippen LogP contribution in [0.3, 0.4) is 0 Å². The van der Waals surface area contributed by atoms with Crippen molar-refractivity contribution in [1.29, 1.82) is 0 Å². The van der Waals surface area contributed by atoms with Crippen LogP contribution in [-0.4, -0.2) is 36.0 Å². The molecule has 0 saturated heterocycles. The number of halogens is 1. The first-order chi connectivity index (χ1) is 13.5. The number of hydrogen-bond donors (Lipinski definition) is 3. The van der Waals surface area contributed by atoms with Crippen molar-refractivity contribution in [3.8, 4) is 5.75 Å². The number of para-hydroxylation sites is 1. The Morgan fingerprint density at radius 2 is 1.61 bits per heavy atom. The van der Waals surface area contributed by atoms with Crippen LogP contribution in [0.25, 0.3) is 10.9 Å². The summed E-state index contributed by atoms with van der Waals surface area (Å²) >= 11 is 5.75. The third kappa shape index (κ3) is 5.24. The van der Waals surface area contributed by atoms with Crippen LogP contribution in [0.15, 0.2) is 54.6 Å². The first-order valence-electron chi connectivity index (χ1n) is 8.22. The standard InChI is InChI=1S/C19H16ClN3O5/c20-13-5-7-14(8-6-13)27-10-17(24)22-23-18(25)11-28-19(26)16-9-12-3-1-2-4-15(12)21-16/h1-9,21H,10-11H2,(H,22,24)(H,23,25). The number of nitrogens with one attached hydrogen (secondary N) is 3. The molecule has 3 N–H and O–H groups in total. The molecule has 144 valence electrons. The molecule has 9 heteroatoms. The summed E-state index contributed by atoms with van der Waals surface area (Å²) in [5.41, 5.74) is 5.31. The summed E-state index contributed by atoms with van der Waals surface area (Å²) in [6.07, 6.45) is 0. The predicted octanol–water partition coefficient (Wildman–Crippen LogP) is 2.20. The lowest BCUT2D eigenvalue weighted by Crippen LogP contribution is -2.45. The summed E-state index contributed by atoms with van der Waals surface area (Å²) in [4.78, 5) is 38.2. The smallest absolute Gasteiger partial charge is 0.355 e. The molecule has 0 aliphatic rings. The van der Waals surface area contributed by atoms with E-state index in [-0.39, 0.29) is 12.3 Å². The van der Waals surface area contributed by atoms with Gasteiger partial charge in [-0.3, -0.25) is 20.4 Å². The van der Waals surface area contributed by atoms with Crippen LogP contribution in [0, 0.1) is 0 Å². The Morgan fingerprint density at radius 3 is 2.32 bits per heavy atom. The molecule has 3 aromatic rings. The van der Waals surface area contributed by atoms with Gasteiger partial charge < -0.3 is 14.5 Å². The highest BCUT2D eigenvalue weighted by atomic mass is 35.5. The largest absolute Gasteiger partial charge is 0.484 e. The Bertz CT molecular complexity index is 967. The molecule has 3 rings (SSSR count). The highest BCUT2D eigenvalue weighted by Crippen LogP contribution is 2.16. The zero-order valence-corrected chi connectivity index (χ0v) is 15.3. The molecule has 0 atom stereocenters. The van der Waals surface area contributed by atoms with E-state index in [2.05, 4.69) is 15.8 Å². The van der Waals surface area contributed by atoms with Gasteiger partial charge in [0.05, 0.1) is 0 Å². The average Bonchev–Trinajstić information content (AvgIpc) is 3.14. The van der Waals surface area contributed by atoms with Crippen LogP contribution >= 0.6 is 11.6 Å². The second-order valence-electron chi connectivity index (χ2n) is 5.69. The Labute approximate surface area is 164 Å². The molecule has 0 saturated carbocycles. The number of aromatic amines is 1. The molecule has 0 spiro atoms. The quantitative estimate of drug-likeness (QED) is 0.433. The molecular weight excluding hydrogens is 386 g/mol. The molecule has 2 amide bonds. The van der Waals surface area contributed by atoms with Crippen LogP contribution < -0.4 is 15.6 Å². The van der Waals surface area contributed by atoms with E-state index in [4.69, 9.17) is 21.1 Å². The molecule has 0 aliphatic carbocycles. The van der Waals surface area contributed by atoms with Gasteiger partial charge in [-0.25, -0.2) is 4.79 Å². The van der Waals surface area contributed by atoms with Crippen molar-refractivity contribution in [2.45, 2.75) is 0 Å². The molecule has 0 bridgehead atoms.